The molecule has 0 aromatic carbocycles. The summed E-state index contributed by atoms with van der Waals surface area (Å²) in [5, 5.41) is 9.65. The van der Waals surface area contributed by atoms with Gasteiger partial charge < -0.3 is 14.7 Å². The number of likely N-dealkylation sites (tertiary alicyclic amines) is 1. The smallest absolute Gasteiger partial charge is 0.236 e. The predicted octanol–water partition coefficient (Wildman–Crippen LogP) is 0.717. The van der Waals surface area contributed by atoms with Gasteiger partial charge in [0.15, 0.2) is 0 Å². The van der Waals surface area contributed by atoms with Gasteiger partial charge in [-0.25, -0.2) is 0 Å². The maximum atomic E-state index is 12.3. The van der Waals surface area contributed by atoms with E-state index >= 15 is 0 Å². The topological polar surface area (TPSA) is 53.0 Å². The van der Waals surface area contributed by atoms with Gasteiger partial charge in [0.1, 0.15) is 0 Å². The molecule has 1 aliphatic rings. The van der Waals surface area contributed by atoms with Gasteiger partial charge in [-0.05, 0) is 32.7 Å². The molecule has 1 rings (SSSR count). The Morgan fingerprint density at radius 3 is 2.89 bits per heavy atom. The Bertz CT molecular complexity index is 273. The van der Waals surface area contributed by atoms with Crippen molar-refractivity contribution in [2.24, 2.45) is 0 Å². The molecule has 1 aliphatic heterocycles. The Morgan fingerprint density at radius 2 is 2.26 bits per heavy atom. The normalized spacial score (nSPS) is 21.7. The summed E-state index contributed by atoms with van der Waals surface area (Å²) in [6, 6.07) is 0.401. The van der Waals surface area contributed by atoms with Crippen molar-refractivity contribution in [3.63, 3.8) is 0 Å². The summed E-state index contributed by atoms with van der Waals surface area (Å²) in [7, 11) is 3.43. The fraction of sp³-hybridized carbons (Fsp3) is 0.929. The van der Waals surface area contributed by atoms with Crippen molar-refractivity contribution < 1.29 is 14.6 Å². The summed E-state index contributed by atoms with van der Waals surface area (Å²) >= 11 is 0. The first-order chi connectivity index (χ1) is 9.08. The number of methoxy groups -OCH3 is 1. The van der Waals surface area contributed by atoms with Gasteiger partial charge in [0.05, 0.1) is 19.3 Å². The minimum Gasteiger partial charge on any atom is -0.389 e. The number of amides is 1. The van der Waals surface area contributed by atoms with Crippen LogP contribution in [-0.4, -0.2) is 73.4 Å². The van der Waals surface area contributed by atoms with Crippen LogP contribution in [0.15, 0.2) is 0 Å². The Kier molecular flexibility index (Phi) is 7.34. The molecular weight excluding hydrogens is 244 g/mol. The van der Waals surface area contributed by atoms with Crippen LogP contribution in [0.5, 0.6) is 0 Å². The standard InChI is InChI=1S/C14H28N2O3/c1-4-12-7-5-6-8-16(12)14(18)10-15(2)9-13(17)11-19-3/h12-13,17H,4-11H2,1-3H3. The van der Waals surface area contributed by atoms with Crippen LogP contribution in [0.25, 0.3) is 0 Å². The summed E-state index contributed by atoms with van der Waals surface area (Å²) < 4.78 is 4.89. The number of nitrogens with zero attached hydrogens (tertiary/aromatic N) is 2. The molecule has 0 spiro atoms. The zero-order valence-electron chi connectivity index (χ0n) is 12.5. The summed E-state index contributed by atoms with van der Waals surface area (Å²) in [5.41, 5.74) is 0. The molecule has 2 unspecified atom stereocenters. The van der Waals surface area contributed by atoms with E-state index in [0.717, 1.165) is 25.8 Å². The quantitative estimate of drug-likeness (QED) is 0.742. The molecule has 19 heavy (non-hydrogen) atoms. The lowest BCUT2D eigenvalue weighted by molar-refractivity contribution is -0.136. The Morgan fingerprint density at radius 1 is 1.53 bits per heavy atom. The van der Waals surface area contributed by atoms with Gasteiger partial charge in [0, 0.05) is 26.2 Å². The minimum absolute atomic E-state index is 0.179. The molecule has 0 saturated carbocycles. The average Bonchev–Trinajstić information content (AvgIpc) is 2.38. The summed E-state index contributed by atoms with van der Waals surface area (Å²) in [5.74, 6) is 0.179. The number of hydrogen-bond acceptors (Lipinski definition) is 4. The van der Waals surface area contributed by atoms with E-state index in [9.17, 15) is 9.90 Å². The third-order valence-electron chi connectivity index (χ3n) is 3.71. The van der Waals surface area contributed by atoms with Crippen LogP contribution in [0.2, 0.25) is 0 Å². The van der Waals surface area contributed by atoms with Gasteiger partial charge in [-0.1, -0.05) is 6.92 Å². The highest BCUT2D eigenvalue weighted by Gasteiger charge is 2.25. The number of aliphatic hydroxyl groups excluding tert-OH is 1. The number of carbonyl (C=O) groups is 1. The van der Waals surface area contributed by atoms with Gasteiger partial charge in [0.25, 0.3) is 0 Å². The molecular formula is C14H28N2O3. The first-order valence-corrected chi connectivity index (χ1v) is 7.23. The molecule has 1 fully saturated rings. The van der Waals surface area contributed by atoms with Gasteiger partial charge in [-0.15, -0.1) is 0 Å². The van der Waals surface area contributed by atoms with Crippen molar-refractivity contribution in [3.05, 3.63) is 0 Å². The number of ether oxygens (including phenoxy) is 1. The molecule has 5 heteroatoms. The predicted molar refractivity (Wildman–Crippen MR) is 75.0 cm³/mol. The molecule has 1 N–H and O–H groups in total. The monoisotopic (exact) mass is 272 g/mol. The van der Waals surface area contributed by atoms with E-state index in [2.05, 4.69) is 6.92 Å². The van der Waals surface area contributed by atoms with E-state index in [1.807, 2.05) is 16.8 Å². The SMILES string of the molecule is CCC1CCCCN1C(=O)CN(C)CC(O)COC. The van der Waals surface area contributed by atoms with E-state index in [-0.39, 0.29) is 5.91 Å². The van der Waals surface area contributed by atoms with Gasteiger partial charge in [-0.2, -0.15) is 0 Å². The number of likely N-dealkylation sites (N-methyl/N-ethyl adjacent to an activating group) is 1. The van der Waals surface area contributed by atoms with Crippen molar-refractivity contribution >= 4 is 5.91 Å². The molecule has 5 nitrogen and oxygen atoms in total. The van der Waals surface area contributed by atoms with Gasteiger partial charge in [0.2, 0.25) is 5.91 Å². The molecule has 0 aromatic rings. The molecule has 0 radical (unpaired) electrons. The molecule has 2 atom stereocenters. The number of hydrogen-bond donors (Lipinski definition) is 1. The second-order valence-electron chi connectivity index (χ2n) is 5.45. The first-order valence-electron chi connectivity index (χ1n) is 7.23. The van der Waals surface area contributed by atoms with E-state index in [1.54, 1.807) is 7.11 Å². The average molecular weight is 272 g/mol. The highest BCUT2D eigenvalue weighted by Crippen LogP contribution is 2.19. The number of aliphatic hydroxyl groups is 1. The van der Waals surface area contributed by atoms with Crippen LogP contribution in [0, 0.1) is 0 Å². The van der Waals surface area contributed by atoms with Crippen molar-refractivity contribution in [2.45, 2.75) is 44.8 Å². The second-order valence-corrected chi connectivity index (χ2v) is 5.45. The van der Waals surface area contributed by atoms with Crippen LogP contribution in [0.1, 0.15) is 32.6 Å². The van der Waals surface area contributed by atoms with Crippen molar-refractivity contribution in [1.82, 2.24) is 9.80 Å². The molecule has 1 heterocycles. The number of carbonyl (C=O) groups excluding carboxylic acids is 1. The fourth-order valence-corrected chi connectivity index (χ4v) is 2.74. The lowest BCUT2D eigenvalue weighted by Crippen LogP contribution is -2.48. The van der Waals surface area contributed by atoms with Crippen LogP contribution >= 0.6 is 0 Å². The van der Waals surface area contributed by atoms with Gasteiger partial charge in [-0.3, -0.25) is 9.69 Å². The second kappa shape index (κ2) is 8.51. The molecule has 1 amide bonds. The highest BCUT2D eigenvalue weighted by atomic mass is 16.5. The molecule has 1 saturated heterocycles. The first kappa shape index (κ1) is 16.4. The van der Waals surface area contributed by atoms with E-state index in [4.69, 9.17) is 4.74 Å². The van der Waals surface area contributed by atoms with Crippen LogP contribution in [0.4, 0.5) is 0 Å². The van der Waals surface area contributed by atoms with E-state index < -0.39 is 6.10 Å². The molecule has 0 aromatic heterocycles. The van der Waals surface area contributed by atoms with Crippen molar-refractivity contribution in [3.8, 4) is 0 Å². The van der Waals surface area contributed by atoms with E-state index in [1.165, 1.54) is 6.42 Å². The summed E-state index contributed by atoms with van der Waals surface area (Å²) in [6.07, 6.45) is 3.95. The zero-order chi connectivity index (χ0) is 14.3. The minimum atomic E-state index is -0.536. The van der Waals surface area contributed by atoms with Crippen LogP contribution in [-0.2, 0) is 9.53 Å². The maximum absolute atomic E-state index is 12.3. The zero-order valence-corrected chi connectivity index (χ0v) is 12.5. The van der Waals surface area contributed by atoms with Gasteiger partial charge >= 0.3 is 0 Å². The maximum Gasteiger partial charge on any atom is 0.236 e. The number of rotatable bonds is 7. The molecule has 112 valence electrons. The third kappa shape index (κ3) is 5.47. The summed E-state index contributed by atoms with van der Waals surface area (Å²) in [4.78, 5) is 16.2. The molecule has 0 bridgehead atoms. The highest BCUT2D eigenvalue weighted by molar-refractivity contribution is 5.78. The fourth-order valence-electron chi connectivity index (χ4n) is 2.74. The lowest BCUT2D eigenvalue weighted by Gasteiger charge is -2.36. The van der Waals surface area contributed by atoms with Crippen LogP contribution in [0.3, 0.4) is 0 Å². The molecule has 0 aliphatic carbocycles. The van der Waals surface area contributed by atoms with E-state index in [0.29, 0.717) is 25.7 Å². The van der Waals surface area contributed by atoms with Crippen molar-refractivity contribution in [2.75, 3.05) is 40.4 Å². The third-order valence-corrected chi connectivity index (χ3v) is 3.71. The Hall–Kier alpha value is -0.650. The number of piperidine rings is 1. The van der Waals surface area contributed by atoms with Crippen LogP contribution < -0.4 is 0 Å². The largest absolute Gasteiger partial charge is 0.389 e. The van der Waals surface area contributed by atoms with Crippen molar-refractivity contribution in [1.29, 1.82) is 0 Å². The Balaban J connectivity index is 2.39. The lowest BCUT2D eigenvalue weighted by atomic mass is 10.00. The Labute approximate surface area is 116 Å². The summed E-state index contributed by atoms with van der Waals surface area (Å²) in [6.45, 7) is 4.16.